The molecule has 0 spiro atoms. The Morgan fingerprint density at radius 2 is 1.48 bits per heavy atom. The Bertz CT molecular complexity index is 1790. The van der Waals surface area contributed by atoms with E-state index in [1.54, 1.807) is 24.3 Å². The summed E-state index contributed by atoms with van der Waals surface area (Å²) in [6.45, 7) is 9.85. The van der Waals surface area contributed by atoms with Crippen molar-refractivity contribution in [3.63, 3.8) is 0 Å². The molecule has 2 amide bonds. The monoisotopic (exact) mass is 623 g/mol. The molecule has 234 valence electrons. The Kier molecular flexibility index (Phi) is 9.33. The van der Waals surface area contributed by atoms with Gasteiger partial charge in [0.15, 0.2) is 5.75 Å². The van der Waals surface area contributed by atoms with Crippen LogP contribution in [-0.2, 0) is 15.4 Å². The van der Waals surface area contributed by atoms with Gasteiger partial charge in [0.1, 0.15) is 5.75 Å². The molecular weight excluding hydrogens is 586 g/mol. The molecule has 44 heavy (non-hydrogen) atoms. The number of benzene rings is 3. The maximum absolute atomic E-state index is 13.3. The van der Waals surface area contributed by atoms with Crippen LogP contribution in [0.3, 0.4) is 0 Å². The lowest BCUT2D eigenvalue weighted by Crippen LogP contribution is -2.22. The zero-order valence-corrected chi connectivity index (χ0v) is 26.7. The summed E-state index contributed by atoms with van der Waals surface area (Å²) in [5.74, 6) is 0.930. The minimum Gasteiger partial charge on any atom is -0.492 e. The van der Waals surface area contributed by atoms with Crippen LogP contribution in [-0.4, -0.2) is 55.9 Å². The molecule has 0 aliphatic rings. The third kappa shape index (κ3) is 7.95. The Hall–Kier alpha value is -4.85. The number of anilines is 4. The van der Waals surface area contributed by atoms with Crippen molar-refractivity contribution < 1.29 is 27.4 Å². The molecule has 3 aromatic carbocycles. The molecule has 0 saturated heterocycles. The fourth-order valence-corrected chi connectivity index (χ4v) is 4.84. The fraction of sp³-hybridized carbons (Fsp3) is 0.333. The second-order valence-electron chi connectivity index (χ2n) is 11.3. The van der Waals surface area contributed by atoms with Gasteiger partial charge in [0.2, 0.25) is 16.0 Å². The fourth-order valence-electron chi connectivity index (χ4n) is 4.29. The number of hydrogen-bond donors (Lipinski definition) is 4. The summed E-state index contributed by atoms with van der Waals surface area (Å²) in [7, 11) is -0.765. The third-order valence-corrected chi connectivity index (χ3v) is 6.82. The van der Waals surface area contributed by atoms with E-state index in [1.165, 1.54) is 14.2 Å². The maximum atomic E-state index is 13.3. The number of methoxy groups -OCH3 is 2. The van der Waals surface area contributed by atoms with Crippen LogP contribution in [0.15, 0.2) is 48.5 Å². The molecule has 1 aromatic heterocycles. The van der Waals surface area contributed by atoms with Crippen molar-refractivity contribution in [2.45, 2.75) is 46.1 Å². The molecule has 0 unspecified atom stereocenters. The predicted octanol–water partition coefficient (Wildman–Crippen LogP) is 5.97. The number of nitrogens with one attached hydrogen (secondary N) is 4. The summed E-state index contributed by atoms with van der Waals surface area (Å²) < 4.78 is 43.4. The first kappa shape index (κ1) is 32.1. The van der Waals surface area contributed by atoms with Gasteiger partial charge >= 0.3 is 18.1 Å². The minimum atomic E-state index is -3.62. The molecule has 0 fully saturated rings. The van der Waals surface area contributed by atoms with Crippen molar-refractivity contribution in [3.8, 4) is 23.5 Å². The van der Waals surface area contributed by atoms with E-state index >= 15 is 0 Å². The average molecular weight is 624 g/mol. The van der Waals surface area contributed by atoms with E-state index < -0.39 is 16.1 Å². The van der Waals surface area contributed by atoms with Gasteiger partial charge in [-0.25, -0.2) is 13.2 Å². The zero-order valence-electron chi connectivity index (χ0n) is 25.9. The molecule has 0 aliphatic carbocycles. The molecule has 0 bridgehead atoms. The van der Waals surface area contributed by atoms with E-state index in [1.807, 2.05) is 58.9 Å². The lowest BCUT2D eigenvalue weighted by molar-refractivity contribution is 0.262. The van der Waals surface area contributed by atoms with Crippen molar-refractivity contribution in [2.75, 3.05) is 41.1 Å². The predicted molar refractivity (Wildman–Crippen MR) is 172 cm³/mol. The molecular formula is C30H37N7O6S. The third-order valence-electron chi connectivity index (χ3n) is 6.23. The maximum Gasteiger partial charge on any atom is 0.330 e. The highest BCUT2D eigenvalue weighted by atomic mass is 32.2. The summed E-state index contributed by atoms with van der Waals surface area (Å²) in [4.78, 5) is 26.1. The summed E-state index contributed by atoms with van der Waals surface area (Å²) in [6.07, 6.45) is 1.05. The van der Waals surface area contributed by atoms with Crippen LogP contribution >= 0.6 is 0 Å². The molecule has 4 aromatic rings. The highest BCUT2D eigenvalue weighted by molar-refractivity contribution is 7.92. The highest BCUT2D eigenvalue weighted by Gasteiger charge is 2.22. The van der Waals surface area contributed by atoms with Crippen LogP contribution in [0.1, 0.15) is 40.2 Å². The minimum absolute atomic E-state index is 0.0351. The molecule has 0 atom stereocenters. The van der Waals surface area contributed by atoms with Crippen molar-refractivity contribution in [1.82, 2.24) is 15.0 Å². The number of carbonyl (C=O) groups excluding carboxylic acids is 1. The van der Waals surface area contributed by atoms with Gasteiger partial charge in [0.25, 0.3) is 0 Å². The van der Waals surface area contributed by atoms with Crippen molar-refractivity contribution in [2.24, 2.45) is 0 Å². The number of ether oxygens (including phenoxy) is 3. The molecule has 4 rings (SSSR count). The molecule has 0 saturated carbocycles. The number of nitrogens with zero attached hydrogens (tertiary/aromatic N) is 3. The largest absolute Gasteiger partial charge is 0.492 e. The van der Waals surface area contributed by atoms with E-state index in [4.69, 9.17) is 14.2 Å². The summed E-state index contributed by atoms with van der Waals surface area (Å²) in [6, 6.07) is 13.8. The van der Waals surface area contributed by atoms with Gasteiger partial charge in [0.05, 0.1) is 37.5 Å². The van der Waals surface area contributed by atoms with Gasteiger partial charge in [-0.05, 0) is 49.1 Å². The number of fused-ring (bicyclic) bond motifs is 1. The van der Waals surface area contributed by atoms with Gasteiger partial charge < -0.3 is 30.2 Å². The Morgan fingerprint density at radius 1 is 0.841 bits per heavy atom. The lowest BCUT2D eigenvalue weighted by atomic mass is 9.86. The quantitative estimate of drug-likeness (QED) is 0.165. The van der Waals surface area contributed by atoms with Gasteiger partial charge in [-0.2, -0.15) is 9.97 Å². The van der Waals surface area contributed by atoms with Gasteiger partial charge in [0, 0.05) is 16.8 Å². The first-order valence-electron chi connectivity index (χ1n) is 13.7. The summed E-state index contributed by atoms with van der Waals surface area (Å²) >= 11 is 0. The van der Waals surface area contributed by atoms with Gasteiger partial charge in [-0.1, -0.05) is 45.0 Å². The highest BCUT2D eigenvalue weighted by Crippen LogP contribution is 2.39. The van der Waals surface area contributed by atoms with Crippen molar-refractivity contribution in [1.29, 1.82) is 0 Å². The average Bonchev–Trinajstić information content (AvgIpc) is 2.92. The Balaban J connectivity index is 1.66. The molecule has 13 nitrogen and oxygen atoms in total. The van der Waals surface area contributed by atoms with Crippen LogP contribution in [0.25, 0.3) is 10.8 Å². The van der Waals surface area contributed by atoms with E-state index in [-0.39, 0.29) is 34.9 Å². The number of rotatable bonds is 10. The molecule has 14 heteroatoms. The summed E-state index contributed by atoms with van der Waals surface area (Å²) in [5.41, 5.74) is 1.44. The Labute approximate surface area is 256 Å². The van der Waals surface area contributed by atoms with Crippen LogP contribution < -0.4 is 34.9 Å². The van der Waals surface area contributed by atoms with E-state index in [9.17, 15) is 13.2 Å². The van der Waals surface area contributed by atoms with E-state index in [2.05, 4.69) is 35.6 Å². The van der Waals surface area contributed by atoms with Crippen LogP contribution in [0.2, 0.25) is 0 Å². The molecule has 1 heterocycles. The normalized spacial score (nSPS) is 11.7. The molecule has 4 N–H and O–H groups in total. The van der Waals surface area contributed by atoms with Crippen LogP contribution in [0, 0.1) is 0 Å². The standard InChI is InChI=1S/C30H37N7O6S/c1-17(2)31-26-34-28(42-7)36-29(35-26)43-24-14-13-21(19-11-9-10-12-20(19)24)32-27(38)33-22-15-18(30(3,4)5)16-23(25(22)41-6)37-44(8,39)40/h9-17,37H,1-8H3,(H2,32,33,38)(H,31,34,35,36). The SMILES string of the molecule is COc1nc(NC(C)C)nc(Oc2ccc(NC(=O)Nc3cc(C(C)(C)C)cc(NS(C)(=O)=O)c3OC)c3ccccc23)n1. The van der Waals surface area contributed by atoms with Crippen LogP contribution in [0.4, 0.5) is 27.8 Å². The number of urea groups is 1. The zero-order chi connectivity index (χ0) is 32.2. The first-order chi connectivity index (χ1) is 20.7. The van der Waals surface area contributed by atoms with Gasteiger partial charge in [-0.3, -0.25) is 4.72 Å². The number of amides is 2. The molecule has 0 radical (unpaired) electrons. The van der Waals surface area contributed by atoms with Crippen LogP contribution in [0.5, 0.6) is 23.5 Å². The second-order valence-corrected chi connectivity index (χ2v) is 13.0. The smallest absolute Gasteiger partial charge is 0.330 e. The van der Waals surface area contributed by atoms with Gasteiger partial charge in [-0.15, -0.1) is 4.98 Å². The first-order valence-corrected chi connectivity index (χ1v) is 15.6. The topological polar surface area (TPSA) is 166 Å². The van der Waals surface area contributed by atoms with E-state index in [0.29, 0.717) is 33.8 Å². The summed E-state index contributed by atoms with van der Waals surface area (Å²) in [5, 5.41) is 10.2. The number of carbonyl (C=O) groups is 1. The van der Waals surface area contributed by atoms with Crippen molar-refractivity contribution in [3.05, 3.63) is 54.1 Å². The molecule has 0 aliphatic heterocycles. The number of aromatic nitrogens is 3. The number of sulfonamides is 1. The Morgan fingerprint density at radius 3 is 2.09 bits per heavy atom. The lowest BCUT2D eigenvalue weighted by Gasteiger charge is -2.24. The van der Waals surface area contributed by atoms with E-state index in [0.717, 1.165) is 11.8 Å². The van der Waals surface area contributed by atoms with Crippen molar-refractivity contribution >= 4 is 49.8 Å². The second kappa shape index (κ2) is 12.8. The number of hydrogen-bond acceptors (Lipinski definition) is 10.